The molecule has 0 fully saturated rings. The summed E-state index contributed by atoms with van der Waals surface area (Å²) in [7, 11) is 3.31. The van der Waals surface area contributed by atoms with Crippen LogP contribution < -0.4 is 35.3 Å². The summed E-state index contributed by atoms with van der Waals surface area (Å²) in [5.74, 6) is -1.58. The molecule has 1 heterocycles. The van der Waals surface area contributed by atoms with E-state index in [1.165, 1.54) is 11.1 Å². The molecule has 7 heteroatoms. The molecular weight excluding hydrogens is 183 g/mol. The fourth-order valence-electron chi connectivity index (χ4n) is 1.14. The van der Waals surface area contributed by atoms with E-state index in [0.717, 1.165) is 5.70 Å². The van der Waals surface area contributed by atoms with Gasteiger partial charge in [-0.05, 0) is 6.92 Å². The van der Waals surface area contributed by atoms with E-state index in [9.17, 15) is 10.1 Å². The normalized spacial score (nSPS) is 28.3. The molecule has 2 N–H and O–H groups in total. The quantitative estimate of drug-likeness (QED) is 0.204. The molecule has 0 aromatic heterocycles. The number of hydrogen-bond donors (Lipinski definition) is 1. The van der Waals surface area contributed by atoms with Crippen LogP contribution in [-0.2, 0) is 0 Å². The van der Waals surface area contributed by atoms with Crippen LogP contribution in [0.4, 0.5) is 0 Å². The Hall–Kier alpha value is -0.140. The van der Waals surface area contributed by atoms with Crippen LogP contribution in [0.1, 0.15) is 6.92 Å². The van der Waals surface area contributed by atoms with Gasteiger partial charge in [-0.25, -0.2) is 5.73 Å². The van der Waals surface area contributed by atoms with Gasteiger partial charge in [0.25, 0.3) is 0 Å². The Labute approximate surface area is 98.8 Å². The third-order valence-electron chi connectivity index (χ3n) is 2.19. The molecule has 1 rings (SSSR count). The van der Waals surface area contributed by atoms with Crippen LogP contribution in [0.3, 0.4) is 0 Å². The van der Waals surface area contributed by atoms with Crippen LogP contribution in [0, 0.1) is 10.1 Å². The van der Waals surface area contributed by atoms with Crippen molar-refractivity contribution in [3.8, 4) is 0 Å². The molecule has 0 aliphatic carbocycles. The molecule has 0 spiro atoms. The molecule has 68 valence electrons. The van der Waals surface area contributed by atoms with E-state index in [1.54, 1.807) is 26.0 Å². The number of nitrogens with two attached hydrogens (primary N) is 1. The Morgan fingerprint density at radius 3 is 2.23 bits per heavy atom. The summed E-state index contributed by atoms with van der Waals surface area (Å²) in [4.78, 5) is 10.1. The largest absolute Gasteiger partial charge is 1.00 e. The van der Waals surface area contributed by atoms with Gasteiger partial charge in [0.05, 0.1) is 4.92 Å². The zero-order valence-corrected chi connectivity index (χ0v) is 10.3. The van der Waals surface area contributed by atoms with Crippen LogP contribution in [0.25, 0.3) is 0 Å². The van der Waals surface area contributed by atoms with Gasteiger partial charge < -0.3 is 5.01 Å². The van der Waals surface area contributed by atoms with Crippen molar-refractivity contribution < 1.29 is 34.5 Å². The third-order valence-corrected chi connectivity index (χ3v) is 2.19. The molecule has 0 amide bonds. The Bertz CT molecular complexity index is 257. The van der Waals surface area contributed by atoms with Gasteiger partial charge in [0, 0.05) is 25.9 Å². The SMILES string of the molecule is CC1=CC(N)([N+](=O)[O-])N(C)N1C.[Na+]. The van der Waals surface area contributed by atoms with Gasteiger partial charge >= 0.3 is 35.3 Å². The number of hydrazine groups is 1. The summed E-state index contributed by atoms with van der Waals surface area (Å²) in [5.41, 5.74) is 6.31. The van der Waals surface area contributed by atoms with Crippen molar-refractivity contribution >= 4 is 0 Å². The van der Waals surface area contributed by atoms with E-state index in [1.807, 2.05) is 0 Å². The Kier molecular flexibility index (Phi) is 3.89. The molecule has 0 bridgehead atoms. The summed E-state index contributed by atoms with van der Waals surface area (Å²) in [5, 5.41) is 13.6. The average Bonchev–Trinajstić information content (AvgIpc) is 2.17. The first-order valence-electron chi connectivity index (χ1n) is 3.50. The van der Waals surface area contributed by atoms with Gasteiger partial charge in [0.1, 0.15) is 0 Å². The van der Waals surface area contributed by atoms with Crippen LogP contribution >= 0.6 is 0 Å². The van der Waals surface area contributed by atoms with E-state index in [-0.39, 0.29) is 29.6 Å². The Morgan fingerprint density at radius 2 is 2.08 bits per heavy atom. The fourth-order valence-corrected chi connectivity index (χ4v) is 1.14. The number of allylic oxidation sites excluding steroid dienone is 1. The maximum atomic E-state index is 10.6. The van der Waals surface area contributed by atoms with Gasteiger partial charge in [-0.3, -0.25) is 10.1 Å². The molecule has 13 heavy (non-hydrogen) atoms. The summed E-state index contributed by atoms with van der Waals surface area (Å²) >= 11 is 0. The van der Waals surface area contributed by atoms with Gasteiger partial charge in [-0.2, -0.15) is 0 Å². The summed E-state index contributed by atoms with van der Waals surface area (Å²) in [6.07, 6.45) is 1.42. The molecule has 0 saturated heterocycles. The van der Waals surface area contributed by atoms with E-state index < -0.39 is 10.7 Å². The second-order valence-electron chi connectivity index (χ2n) is 2.87. The van der Waals surface area contributed by atoms with E-state index >= 15 is 0 Å². The van der Waals surface area contributed by atoms with Crippen molar-refractivity contribution in [2.75, 3.05) is 14.1 Å². The number of nitro groups is 1. The predicted octanol–water partition coefficient (Wildman–Crippen LogP) is -3.42. The molecule has 1 aliphatic rings. The summed E-state index contributed by atoms with van der Waals surface area (Å²) in [6, 6.07) is 0. The zero-order valence-electron chi connectivity index (χ0n) is 8.31. The molecule has 6 nitrogen and oxygen atoms in total. The van der Waals surface area contributed by atoms with Gasteiger partial charge in [-0.1, -0.05) is 0 Å². The minimum atomic E-state index is -1.58. The van der Waals surface area contributed by atoms with Crippen molar-refractivity contribution in [3.05, 3.63) is 21.9 Å². The van der Waals surface area contributed by atoms with Crippen molar-refractivity contribution in [2.45, 2.75) is 12.7 Å². The molecule has 1 unspecified atom stereocenters. The van der Waals surface area contributed by atoms with Crippen LogP contribution in [0.5, 0.6) is 0 Å². The molecule has 1 atom stereocenters. The molecule has 0 saturated carbocycles. The summed E-state index contributed by atoms with van der Waals surface area (Å²) < 4.78 is 0. The second-order valence-corrected chi connectivity index (χ2v) is 2.87. The monoisotopic (exact) mass is 195 g/mol. The minimum Gasteiger partial charge on any atom is -0.306 e. The number of nitrogens with zero attached hydrogens (tertiary/aromatic N) is 3. The van der Waals surface area contributed by atoms with Crippen LogP contribution in [0.2, 0.25) is 0 Å². The van der Waals surface area contributed by atoms with Gasteiger partial charge in [0.2, 0.25) is 0 Å². The zero-order chi connectivity index (χ0) is 9.52. The molecule has 1 aliphatic heterocycles. The van der Waals surface area contributed by atoms with Gasteiger partial charge in [-0.15, -0.1) is 5.01 Å². The Balaban J connectivity index is 0.00000144. The van der Waals surface area contributed by atoms with E-state index in [0.29, 0.717) is 0 Å². The van der Waals surface area contributed by atoms with E-state index in [4.69, 9.17) is 5.73 Å². The predicted molar refractivity (Wildman–Crippen MR) is 43.2 cm³/mol. The Morgan fingerprint density at radius 1 is 1.62 bits per heavy atom. The molecule has 0 aromatic rings. The first-order valence-corrected chi connectivity index (χ1v) is 3.50. The minimum absolute atomic E-state index is 0. The molecular formula is C6H12N4NaO2+. The summed E-state index contributed by atoms with van der Waals surface area (Å²) in [6.45, 7) is 1.77. The van der Waals surface area contributed by atoms with Crippen LogP contribution in [-0.4, -0.2) is 34.8 Å². The number of hydrogen-bond acceptors (Lipinski definition) is 5. The third kappa shape index (κ3) is 1.87. The first kappa shape index (κ1) is 12.9. The molecule has 0 radical (unpaired) electrons. The maximum absolute atomic E-state index is 10.6. The average molecular weight is 195 g/mol. The second kappa shape index (κ2) is 3.93. The number of likely N-dealkylation sites (N-methyl/N-ethyl adjacent to an activating group) is 1. The molecule has 0 aromatic carbocycles. The number of rotatable bonds is 1. The van der Waals surface area contributed by atoms with Crippen molar-refractivity contribution in [3.63, 3.8) is 0 Å². The topological polar surface area (TPSA) is 75.6 Å². The van der Waals surface area contributed by atoms with Crippen molar-refractivity contribution in [2.24, 2.45) is 5.73 Å². The van der Waals surface area contributed by atoms with Crippen LogP contribution in [0.15, 0.2) is 11.8 Å². The smallest absolute Gasteiger partial charge is 0.306 e. The van der Waals surface area contributed by atoms with E-state index in [2.05, 4.69) is 0 Å². The van der Waals surface area contributed by atoms with Crippen molar-refractivity contribution in [1.82, 2.24) is 10.0 Å². The standard InChI is InChI=1S/C6H12N4O2.Na/c1-5-4-6(7,10(11)12)9(3)8(5)2;/h4H,7H2,1-3H3;/q;+1. The maximum Gasteiger partial charge on any atom is 1.00 e. The first-order chi connectivity index (χ1) is 5.39. The van der Waals surface area contributed by atoms with Crippen molar-refractivity contribution in [1.29, 1.82) is 0 Å². The fraction of sp³-hybridized carbons (Fsp3) is 0.667. The van der Waals surface area contributed by atoms with Gasteiger partial charge in [0.15, 0.2) is 0 Å².